The lowest BCUT2D eigenvalue weighted by atomic mass is 10.1. The monoisotopic (exact) mass is 233 g/mol. The molecule has 92 valence electrons. The third-order valence-electron chi connectivity index (χ3n) is 2.45. The normalized spacial score (nSPS) is 12.9. The number of benzene rings is 1. The highest BCUT2D eigenvalue weighted by atomic mass is 16.5. The first-order chi connectivity index (χ1) is 8.11. The Balaban J connectivity index is 2.35. The van der Waals surface area contributed by atoms with Crippen LogP contribution < -0.4 is 5.73 Å². The highest BCUT2D eigenvalue weighted by molar-refractivity contribution is 5.89. The fourth-order valence-corrected chi connectivity index (χ4v) is 1.22. The first-order valence-corrected chi connectivity index (χ1v) is 5.75. The summed E-state index contributed by atoms with van der Waals surface area (Å²) in [5.74, 6) is 0.0736. The summed E-state index contributed by atoms with van der Waals surface area (Å²) in [5, 5.41) is 0. The summed E-state index contributed by atoms with van der Waals surface area (Å²) in [5.41, 5.74) is 6.38. The Labute approximate surface area is 102 Å². The maximum Gasteiger partial charge on any atom is 0.338 e. The maximum absolute atomic E-state index is 11.5. The van der Waals surface area contributed by atoms with E-state index in [0.29, 0.717) is 11.5 Å². The van der Waals surface area contributed by atoms with E-state index in [0.717, 1.165) is 0 Å². The molecule has 0 saturated heterocycles. The van der Waals surface area contributed by atoms with Crippen molar-refractivity contribution in [3.63, 3.8) is 0 Å². The van der Waals surface area contributed by atoms with Gasteiger partial charge >= 0.3 is 5.97 Å². The number of carbonyl (C=O) groups excluding carboxylic acids is 1. The van der Waals surface area contributed by atoms with Crippen LogP contribution in [0.1, 0.15) is 24.2 Å². The molecule has 1 aromatic carbocycles. The molecule has 0 aromatic heterocycles. The second-order valence-corrected chi connectivity index (χ2v) is 4.21. The maximum atomic E-state index is 11.5. The predicted octanol–water partition coefficient (Wildman–Crippen LogP) is 2.38. The standard InChI is InChI=1S/C14H19NO2/c1-11(2)13(15)9-6-10-17-14(16)12-7-4-3-5-8-12/h3-9,11,13H,10,15H2,1-2H3/b9-6+/t13-/m1/s1. The van der Waals surface area contributed by atoms with Gasteiger partial charge in [0.15, 0.2) is 0 Å². The molecule has 0 radical (unpaired) electrons. The molecule has 1 rings (SSSR count). The summed E-state index contributed by atoms with van der Waals surface area (Å²) in [6.45, 7) is 4.35. The Kier molecular flexibility index (Phi) is 5.43. The van der Waals surface area contributed by atoms with Crippen LogP contribution in [-0.2, 0) is 4.74 Å². The number of esters is 1. The molecule has 0 saturated carbocycles. The summed E-state index contributed by atoms with van der Waals surface area (Å²) in [6, 6.07) is 8.93. The molecule has 1 aromatic rings. The van der Waals surface area contributed by atoms with Crippen LogP contribution in [0.4, 0.5) is 0 Å². The molecule has 17 heavy (non-hydrogen) atoms. The van der Waals surface area contributed by atoms with Crippen molar-refractivity contribution in [1.29, 1.82) is 0 Å². The minimum absolute atomic E-state index is 0.00503. The van der Waals surface area contributed by atoms with E-state index >= 15 is 0 Å². The van der Waals surface area contributed by atoms with E-state index in [1.54, 1.807) is 30.3 Å². The molecule has 0 unspecified atom stereocenters. The van der Waals surface area contributed by atoms with Gasteiger partial charge in [0, 0.05) is 6.04 Å². The summed E-state index contributed by atoms with van der Waals surface area (Å²) in [4.78, 5) is 11.5. The zero-order chi connectivity index (χ0) is 12.7. The van der Waals surface area contributed by atoms with Crippen LogP contribution in [-0.4, -0.2) is 18.6 Å². The molecule has 0 aliphatic heterocycles. The van der Waals surface area contributed by atoms with Crippen molar-refractivity contribution in [3.8, 4) is 0 Å². The lowest BCUT2D eigenvalue weighted by Gasteiger charge is -2.09. The number of hydrogen-bond donors (Lipinski definition) is 1. The van der Waals surface area contributed by atoms with Gasteiger partial charge in [-0.05, 0) is 24.1 Å². The molecule has 0 aliphatic rings. The van der Waals surface area contributed by atoms with Gasteiger partial charge in [0.25, 0.3) is 0 Å². The Hall–Kier alpha value is -1.61. The van der Waals surface area contributed by atoms with Gasteiger partial charge in [0.05, 0.1) is 5.56 Å². The second kappa shape index (κ2) is 6.86. The van der Waals surface area contributed by atoms with E-state index in [1.165, 1.54) is 0 Å². The summed E-state index contributed by atoms with van der Waals surface area (Å²) >= 11 is 0. The summed E-state index contributed by atoms with van der Waals surface area (Å²) < 4.78 is 5.08. The number of rotatable bonds is 5. The third kappa shape index (κ3) is 4.83. The van der Waals surface area contributed by atoms with E-state index in [-0.39, 0.29) is 18.6 Å². The first-order valence-electron chi connectivity index (χ1n) is 5.75. The Bertz CT molecular complexity index is 371. The van der Waals surface area contributed by atoms with Crippen LogP contribution in [0.3, 0.4) is 0 Å². The van der Waals surface area contributed by atoms with Crippen LogP contribution in [0.25, 0.3) is 0 Å². The smallest absolute Gasteiger partial charge is 0.338 e. The van der Waals surface area contributed by atoms with Gasteiger partial charge in [-0.1, -0.05) is 38.1 Å². The molecule has 0 bridgehead atoms. The SMILES string of the molecule is CC(C)[C@H](N)/C=C/COC(=O)c1ccccc1. The van der Waals surface area contributed by atoms with E-state index in [9.17, 15) is 4.79 Å². The van der Waals surface area contributed by atoms with E-state index in [4.69, 9.17) is 10.5 Å². The molecule has 0 heterocycles. The fraction of sp³-hybridized carbons (Fsp3) is 0.357. The minimum Gasteiger partial charge on any atom is -0.458 e. The van der Waals surface area contributed by atoms with Crippen molar-refractivity contribution in [2.45, 2.75) is 19.9 Å². The largest absolute Gasteiger partial charge is 0.458 e. The van der Waals surface area contributed by atoms with Gasteiger partial charge in [-0.25, -0.2) is 4.79 Å². The quantitative estimate of drug-likeness (QED) is 0.627. The molecular weight excluding hydrogens is 214 g/mol. The summed E-state index contributed by atoms with van der Waals surface area (Å²) in [7, 11) is 0. The predicted molar refractivity (Wildman–Crippen MR) is 68.7 cm³/mol. The van der Waals surface area contributed by atoms with Crippen LogP contribution in [0.2, 0.25) is 0 Å². The molecule has 0 aliphatic carbocycles. The van der Waals surface area contributed by atoms with Crippen molar-refractivity contribution in [1.82, 2.24) is 0 Å². The zero-order valence-electron chi connectivity index (χ0n) is 10.3. The molecule has 2 N–H and O–H groups in total. The van der Waals surface area contributed by atoms with Crippen molar-refractivity contribution in [2.24, 2.45) is 11.7 Å². The molecule has 0 spiro atoms. The molecule has 3 heteroatoms. The fourth-order valence-electron chi connectivity index (χ4n) is 1.22. The van der Waals surface area contributed by atoms with Crippen LogP contribution in [0, 0.1) is 5.92 Å². The van der Waals surface area contributed by atoms with E-state index < -0.39 is 0 Å². The second-order valence-electron chi connectivity index (χ2n) is 4.21. The van der Waals surface area contributed by atoms with Crippen LogP contribution >= 0.6 is 0 Å². The molecule has 0 fully saturated rings. The average Bonchev–Trinajstić information content (AvgIpc) is 2.35. The lowest BCUT2D eigenvalue weighted by Crippen LogP contribution is -2.23. The lowest BCUT2D eigenvalue weighted by molar-refractivity contribution is 0.0549. The van der Waals surface area contributed by atoms with Crippen LogP contribution in [0.15, 0.2) is 42.5 Å². The van der Waals surface area contributed by atoms with E-state index in [1.807, 2.05) is 26.0 Å². The van der Waals surface area contributed by atoms with Crippen molar-refractivity contribution >= 4 is 5.97 Å². The van der Waals surface area contributed by atoms with Gasteiger partial charge in [-0.15, -0.1) is 0 Å². The van der Waals surface area contributed by atoms with Gasteiger partial charge in [0.2, 0.25) is 0 Å². The molecule has 0 amide bonds. The molecular formula is C14H19NO2. The Morgan fingerprint density at radius 2 is 2.00 bits per heavy atom. The van der Waals surface area contributed by atoms with Crippen LogP contribution in [0.5, 0.6) is 0 Å². The number of hydrogen-bond acceptors (Lipinski definition) is 3. The average molecular weight is 233 g/mol. The van der Waals surface area contributed by atoms with Crippen molar-refractivity contribution in [2.75, 3.05) is 6.61 Å². The Morgan fingerprint density at radius 3 is 2.59 bits per heavy atom. The highest BCUT2D eigenvalue weighted by Gasteiger charge is 2.05. The van der Waals surface area contributed by atoms with Gasteiger partial charge in [-0.2, -0.15) is 0 Å². The number of ether oxygens (including phenoxy) is 1. The van der Waals surface area contributed by atoms with Crippen molar-refractivity contribution < 1.29 is 9.53 Å². The number of nitrogens with two attached hydrogens (primary N) is 1. The zero-order valence-corrected chi connectivity index (χ0v) is 10.3. The van der Waals surface area contributed by atoms with E-state index in [2.05, 4.69) is 0 Å². The van der Waals surface area contributed by atoms with Crippen molar-refractivity contribution in [3.05, 3.63) is 48.0 Å². The minimum atomic E-state index is -0.312. The Morgan fingerprint density at radius 1 is 1.35 bits per heavy atom. The first kappa shape index (κ1) is 13.5. The summed E-state index contributed by atoms with van der Waals surface area (Å²) in [6.07, 6.45) is 3.65. The van der Waals surface area contributed by atoms with Gasteiger partial charge in [0.1, 0.15) is 6.61 Å². The van der Waals surface area contributed by atoms with Gasteiger partial charge in [-0.3, -0.25) is 0 Å². The topological polar surface area (TPSA) is 52.3 Å². The van der Waals surface area contributed by atoms with Gasteiger partial charge < -0.3 is 10.5 Å². The third-order valence-corrected chi connectivity index (χ3v) is 2.45. The highest BCUT2D eigenvalue weighted by Crippen LogP contribution is 2.02. The number of carbonyl (C=O) groups is 1. The molecule has 1 atom stereocenters. The molecule has 3 nitrogen and oxygen atoms in total.